The molecule has 0 radical (unpaired) electrons. The first-order chi connectivity index (χ1) is 8.95. The summed E-state index contributed by atoms with van der Waals surface area (Å²) in [6, 6.07) is 2.89. The van der Waals surface area contributed by atoms with Crippen LogP contribution in [0.1, 0.15) is 17.5 Å². The Morgan fingerprint density at radius 2 is 2.21 bits per heavy atom. The highest BCUT2D eigenvalue weighted by atomic mass is 32.2. The number of sulfonamides is 1. The Morgan fingerprint density at radius 1 is 1.42 bits per heavy atom. The predicted octanol–water partition coefficient (Wildman–Crippen LogP) is -0.0493. The average Bonchev–Trinajstić information content (AvgIpc) is 2.93. The Kier molecular flexibility index (Phi) is 3.98. The molecular formula is C10H14N4O4S. The van der Waals surface area contributed by atoms with Crippen molar-refractivity contribution in [1.82, 2.24) is 15.5 Å². The van der Waals surface area contributed by atoms with Crippen LogP contribution >= 0.6 is 0 Å². The SMILES string of the molecule is Cc1noc(CCNCc2ccc(S(N)(=O)=O)o2)n1. The summed E-state index contributed by atoms with van der Waals surface area (Å²) in [5.41, 5.74) is 0. The fourth-order valence-corrected chi connectivity index (χ4v) is 1.94. The summed E-state index contributed by atoms with van der Waals surface area (Å²) in [5, 5.41) is 11.4. The van der Waals surface area contributed by atoms with Crippen LogP contribution < -0.4 is 10.5 Å². The molecule has 0 fully saturated rings. The number of nitrogens with zero attached hydrogens (tertiary/aromatic N) is 2. The van der Waals surface area contributed by atoms with E-state index in [1.807, 2.05) is 0 Å². The fourth-order valence-electron chi connectivity index (χ4n) is 1.45. The number of nitrogens with one attached hydrogen (secondary N) is 1. The smallest absolute Gasteiger partial charge is 0.271 e. The summed E-state index contributed by atoms with van der Waals surface area (Å²) < 4.78 is 32.0. The van der Waals surface area contributed by atoms with Crippen molar-refractivity contribution in [2.75, 3.05) is 6.54 Å². The van der Waals surface area contributed by atoms with Crippen LogP contribution in [0.15, 0.2) is 26.2 Å². The molecule has 104 valence electrons. The number of nitrogens with two attached hydrogens (primary N) is 1. The standard InChI is InChI=1S/C10H14N4O4S/c1-7-13-9(18-14-7)4-5-12-6-8-2-3-10(17-8)19(11,15)16/h2-3,12H,4-6H2,1H3,(H2,11,15,16). The van der Waals surface area contributed by atoms with E-state index in [1.165, 1.54) is 6.07 Å². The molecule has 9 heteroatoms. The maximum atomic E-state index is 11.0. The van der Waals surface area contributed by atoms with Gasteiger partial charge in [0.2, 0.25) is 11.0 Å². The van der Waals surface area contributed by atoms with Crippen LogP contribution in [0.2, 0.25) is 0 Å². The number of furan rings is 1. The molecule has 0 aliphatic heterocycles. The second-order valence-corrected chi connectivity index (χ2v) is 5.42. The van der Waals surface area contributed by atoms with Crippen LogP contribution in [0.3, 0.4) is 0 Å². The van der Waals surface area contributed by atoms with E-state index >= 15 is 0 Å². The first kappa shape index (κ1) is 13.7. The number of rotatable bonds is 6. The second-order valence-electron chi connectivity index (χ2n) is 3.93. The first-order valence-electron chi connectivity index (χ1n) is 5.56. The predicted molar refractivity (Wildman–Crippen MR) is 64.5 cm³/mol. The van der Waals surface area contributed by atoms with E-state index in [1.54, 1.807) is 13.0 Å². The van der Waals surface area contributed by atoms with Gasteiger partial charge in [0, 0.05) is 13.0 Å². The molecule has 2 aromatic heterocycles. The minimum Gasteiger partial charge on any atom is -0.447 e. The largest absolute Gasteiger partial charge is 0.447 e. The van der Waals surface area contributed by atoms with Crippen molar-refractivity contribution >= 4 is 10.0 Å². The summed E-state index contributed by atoms with van der Waals surface area (Å²) in [5.74, 6) is 1.64. The van der Waals surface area contributed by atoms with Gasteiger partial charge < -0.3 is 14.3 Å². The maximum absolute atomic E-state index is 11.0. The van der Waals surface area contributed by atoms with Crippen LogP contribution in [-0.2, 0) is 23.0 Å². The minimum atomic E-state index is -3.78. The van der Waals surface area contributed by atoms with Gasteiger partial charge in [-0.2, -0.15) is 4.98 Å². The Hall–Kier alpha value is -1.71. The lowest BCUT2D eigenvalue weighted by Crippen LogP contribution is -2.16. The quantitative estimate of drug-likeness (QED) is 0.713. The van der Waals surface area contributed by atoms with Gasteiger partial charge >= 0.3 is 0 Å². The molecule has 0 saturated heterocycles. The second kappa shape index (κ2) is 5.51. The zero-order chi connectivity index (χ0) is 13.9. The molecule has 0 saturated carbocycles. The van der Waals surface area contributed by atoms with E-state index in [4.69, 9.17) is 14.1 Å². The van der Waals surface area contributed by atoms with Gasteiger partial charge in [0.05, 0.1) is 6.54 Å². The summed E-state index contributed by atoms with van der Waals surface area (Å²) in [6.45, 7) is 2.74. The lowest BCUT2D eigenvalue weighted by molar-refractivity contribution is 0.368. The number of aromatic nitrogens is 2. The van der Waals surface area contributed by atoms with Crippen LogP contribution in [-0.4, -0.2) is 25.1 Å². The molecule has 0 unspecified atom stereocenters. The molecule has 0 spiro atoms. The normalized spacial score (nSPS) is 11.9. The number of hydrogen-bond donors (Lipinski definition) is 2. The van der Waals surface area contributed by atoms with Crippen molar-refractivity contribution in [1.29, 1.82) is 0 Å². The van der Waals surface area contributed by atoms with E-state index in [2.05, 4.69) is 15.5 Å². The molecule has 0 bridgehead atoms. The van der Waals surface area contributed by atoms with E-state index in [0.717, 1.165) is 0 Å². The maximum Gasteiger partial charge on any atom is 0.271 e. The van der Waals surface area contributed by atoms with E-state index in [0.29, 0.717) is 37.0 Å². The van der Waals surface area contributed by atoms with Gasteiger partial charge in [-0.05, 0) is 19.1 Å². The van der Waals surface area contributed by atoms with E-state index in [9.17, 15) is 8.42 Å². The Morgan fingerprint density at radius 3 is 2.79 bits per heavy atom. The lowest BCUT2D eigenvalue weighted by Gasteiger charge is -1.99. The van der Waals surface area contributed by atoms with Crippen molar-refractivity contribution in [3.8, 4) is 0 Å². The molecule has 3 N–H and O–H groups in total. The van der Waals surface area contributed by atoms with E-state index < -0.39 is 10.0 Å². The molecule has 2 rings (SSSR count). The summed E-state index contributed by atoms with van der Waals surface area (Å²) in [6.07, 6.45) is 0.587. The third-order valence-electron chi connectivity index (χ3n) is 2.30. The average molecular weight is 286 g/mol. The van der Waals surface area contributed by atoms with Crippen molar-refractivity contribution in [3.05, 3.63) is 29.6 Å². The number of hydrogen-bond acceptors (Lipinski definition) is 7. The van der Waals surface area contributed by atoms with Gasteiger partial charge in [0.1, 0.15) is 5.76 Å². The molecule has 0 aromatic carbocycles. The van der Waals surface area contributed by atoms with Crippen LogP contribution in [0.4, 0.5) is 0 Å². The van der Waals surface area contributed by atoms with Gasteiger partial charge in [-0.3, -0.25) is 0 Å². The summed E-state index contributed by atoms with van der Waals surface area (Å²) in [4.78, 5) is 4.05. The van der Waals surface area contributed by atoms with Gasteiger partial charge in [-0.25, -0.2) is 13.6 Å². The Bertz CT molecular complexity index is 646. The molecular weight excluding hydrogens is 272 g/mol. The fraction of sp³-hybridized carbons (Fsp3) is 0.400. The monoisotopic (exact) mass is 286 g/mol. The van der Waals surface area contributed by atoms with Crippen LogP contribution in [0.25, 0.3) is 0 Å². The zero-order valence-electron chi connectivity index (χ0n) is 10.3. The van der Waals surface area contributed by atoms with Gasteiger partial charge in [-0.1, -0.05) is 5.16 Å². The van der Waals surface area contributed by atoms with Gasteiger partial charge in [0.15, 0.2) is 5.82 Å². The van der Waals surface area contributed by atoms with Crippen LogP contribution in [0.5, 0.6) is 0 Å². The highest BCUT2D eigenvalue weighted by Gasteiger charge is 2.12. The third kappa shape index (κ3) is 3.88. The zero-order valence-corrected chi connectivity index (χ0v) is 11.1. The number of aryl methyl sites for hydroxylation is 1. The highest BCUT2D eigenvalue weighted by Crippen LogP contribution is 2.11. The van der Waals surface area contributed by atoms with Crippen molar-refractivity contribution in [3.63, 3.8) is 0 Å². The molecule has 2 heterocycles. The Balaban J connectivity index is 1.78. The summed E-state index contributed by atoms with van der Waals surface area (Å²) >= 11 is 0. The Labute approximate surface area is 110 Å². The van der Waals surface area contributed by atoms with Crippen molar-refractivity contribution in [2.24, 2.45) is 5.14 Å². The van der Waals surface area contributed by atoms with Crippen molar-refractivity contribution in [2.45, 2.75) is 25.0 Å². The van der Waals surface area contributed by atoms with Gasteiger partial charge in [-0.15, -0.1) is 0 Å². The molecule has 0 atom stereocenters. The molecule has 0 aliphatic rings. The van der Waals surface area contributed by atoms with E-state index in [-0.39, 0.29) is 5.09 Å². The molecule has 0 amide bonds. The molecule has 19 heavy (non-hydrogen) atoms. The molecule has 0 aliphatic carbocycles. The van der Waals surface area contributed by atoms with Gasteiger partial charge in [0.25, 0.3) is 10.0 Å². The molecule has 8 nitrogen and oxygen atoms in total. The van der Waals surface area contributed by atoms with Crippen LogP contribution in [0, 0.1) is 6.92 Å². The first-order valence-corrected chi connectivity index (χ1v) is 7.11. The topological polar surface area (TPSA) is 124 Å². The molecule has 2 aromatic rings. The third-order valence-corrected chi connectivity index (χ3v) is 3.08. The van der Waals surface area contributed by atoms with Crippen molar-refractivity contribution < 1.29 is 17.4 Å². The highest BCUT2D eigenvalue weighted by molar-refractivity contribution is 7.89. The summed E-state index contributed by atoms with van der Waals surface area (Å²) in [7, 11) is -3.78. The lowest BCUT2D eigenvalue weighted by atomic mass is 10.4. The minimum absolute atomic E-state index is 0.239. The number of primary sulfonamides is 1.